The predicted molar refractivity (Wildman–Crippen MR) is 83.4 cm³/mol. The van der Waals surface area contributed by atoms with E-state index in [2.05, 4.69) is 11.9 Å². The molecule has 0 aliphatic heterocycles. The molecule has 0 saturated carbocycles. The number of carbonyl (C=O) groups excluding carboxylic acids is 2. The van der Waals surface area contributed by atoms with E-state index in [9.17, 15) is 9.59 Å². The zero-order chi connectivity index (χ0) is 14.7. The number of hydrogen-bond acceptors (Lipinski definition) is 3. The van der Waals surface area contributed by atoms with E-state index in [0.29, 0.717) is 18.1 Å². The van der Waals surface area contributed by atoms with Crippen LogP contribution in [0.2, 0.25) is 0 Å². The molecule has 106 valence electrons. The van der Waals surface area contributed by atoms with E-state index in [1.54, 1.807) is 6.08 Å². The Labute approximate surface area is 120 Å². The Morgan fingerprint density at radius 2 is 2.11 bits per heavy atom. The van der Waals surface area contributed by atoms with Crippen LogP contribution in [0.5, 0.6) is 0 Å². The van der Waals surface area contributed by atoms with E-state index in [1.807, 2.05) is 39.0 Å². The first-order chi connectivity index (χ1) is 9.03. The highest BCUT2D eigenvalue weighted by Crippen LogP contribution is 2.12. The van der Waals surface area contributed by atoms with Crippen molar-refractivity contribution >= 4 is 23.3 Å². The molecule has 0 heterocycles. The van der Waals surface area contributed by atoms with Crippen molar-refractivity contribution in [2.24, 2.45) is 5.92 Å². The summed E-state index contributed by atoms with van der Waals surface area (Å²) in [7, 11) is 0. The van der Waals surface area contributed by atoms with E-state index >= 15 is 0 Å². The molecule has 0 radical (unpaired) electrons. The van der Waals surface area contributed by atoms with E-state index < -0.39 is 6.04 Å². The lowest BCUT2D eigenvalue weighted by Crippen LogP contribution is -2.34. The number of thioether (sulfide) groups is 1. The van der Waals surface area contributed by atoms with Gasteiger partial charge in [0, 0.05) is 5.75 Å². The van der Waals surface area contributed by atoms with Crippen LogP contribution in [0.4, 0.5) is 4.79 Å². The fraction of sp³-hybridized carbons (Fsp3) is 0.467. The second kappa shape index (κ2) is 10.6. The van der Waals surface area contributed by atoms with Gasteiger partial charge in [-0.3, -0.25) is 4.79 Å². The van der Waals surface area contributed by atoms with Gasteiger partial charge in [0.05, 0.1) is 6.04 Å². The number of aldehydes is 1. The van der Waals surface area contributed by atoms with Crippen LogP contribution in [0.25, 0.3) is 0 Å². The Bertz CT molecular complexity index is 359. The molecule has 0 aliphatic carbocycles. The molecule has 0 rings (SSSR count). The van der Waals surface area contributed by atoms with Crippen molar-refractivity contribution in [2.45, 2.75) is 33.2 Å². The maximum atomic E-state index is 11.7. The molecule has 0 bridgehead atoms. The summed E-state index contributed by atoms with van der Waals surface area (Å²) in [5.41, 5.74) is 1.05. The largest absolute Gasteiger partial charge is 0.337 e. The smallest absolute Gasteiger partial charge is 0.279 e. The minimum absolute atomic E-state index is 0.163. The van der Waals surface area contributed by atoms with Gasteiger partial charge < -0.3 is 10.1 Å². The van der Waals surface area contributed by atoms with Gasteiger partial charge in [-0.05, 0) is 24.8 Å². The summed E-state index contributed by atoms with van der Waals surface area (Å²) in [6.45, 7) is 9.57. The highest BCUT2D eigenvalue weighted by molar-refractivity contribution is 8.13. The quantitative estimate of drug-likeness (QED) is 0.544. The Balaban J connectivity index is 4.19. The van der Waals surface area contributed by atoms with Crippen molar-refractivity contribution in [1.82, 2.24) is 5.32 Å². The fourth-order valence-corrected chi connectivity index (χ4v) is 2.21. The molecule has 1 amide bonds. The van der Waals surface area contributed by atoms with Crippen molar-refractivity contribution < 1.29 is 9.59 Å². The third-order valence-corrected chi connectivity index (χ3v) is 3.24. The van der Waals surface area contributed by atoms with Crippen LogP contribution in [-0.2, 0) is 4.79 Å². The van der Waals surface area contributed by atoms with Gasteiger partial charge in [-0.2, -0.15) is 0 Å². The maximum Gasteiger partial charge on any atom is 0.279 e. The van der Waals surface area contributed by atoms with Crippen molar-refractivity contribution in [2.75, 3.05) is 5.75 Å². The normalized spacial score (nSPS) is 13.6. The third-order valence-electron chi connectivity index (χ3n) is 2.38. The topological polar surface area (TPSA) is 46.2 Å². The molecule has 4 heteroatoms. The van der Waals surface area contributed by atoms with Gasteiger partial charge in [0.1, 0.15) is 6.29 Å². The first-order valence-corrected chi connectivity index (χ1v) is 7.34. The molecule has 19 heavy (non-hydrogen) atoms. The first-order valence-electron chi connectivity index (χ1n) is 6.36. The molecule has 0 unspecified atom stereocenters. The number of allylic oxidation sites excluding steroid dienone is 4. The Morgan fingerprint density at radius 1 is 1.42 bits per heavy atom. The van der Waals surface area contributed by atoms with Gasteiger partial charge in [-0.1, -0.05) is 56.5 Å². The van der Waals surface area contributed by atoms with Crippen LogP contribution in [0.1, 0.15) is 27.2 Å². The van der Waals surface area contributed by atoms with Crippen molar-refractivity contribution in [1.29, 1.82) is 0 Å². The monoisotopic (exact) mass is 281 g/mol. The lowest BCUT2D eigenvalue weighted by molar-refractivity contribution is -0.109. The summed E-state index contributed by atoms with van der Waals surface area (Å²) in [6, 6.07) is -0.391. The standard InChI is InChI=1S/C15H23NO2S/c1-5-7-8-13(6-2)11-19-15(18)16-14(10-17)9-12(3)4/h5-8,10,12,14H,1,9,11H2,2-4H3,(H,16,18)/b8-7-,13-6+/t14-/m0/s1. The lowest BCUT2D eigenvalue weighted by atomic mass is 10.1. The number of carbonyl (C=O) groups is 2. The van der Waals surface area contributed by atoms with Crippen LogP contribution in [0.3, 0.4) is 0 Å². The summed E-state index contributed by atoms with van der Waals surface area (Å²) in [5, 5.41) is 2.56. The maximum absolute atomic E-state index is 11.7. The average molecular weight is 281 g/mol. The minimum Gasteiger partial charge on any atom is -0.337 e. The van der Waals surface area contributed by atoms with E-state index in [-0.39, 0.29) is 5.24 Å². The van der Waals surface area contributed by atoms with Crippen LogP contribution in [0, 0.1) is 5.92 Å². The van der Waals surface area contributed by atoms with Crippen LogP contribution >= 0.6 is 11.8 Å². The molecule has 0 aromatic heterocycles. The average Bonchev–Trinajstić information content (AvgIpc) is 2.37. The van der Waals surface area contributed by atoms with Crippen molar-refractivity contribution in [3.8, 4) is 0 Å². The van der Waals surface area contributed by atoms with E-state index in [1.165, 1.54) is 11.8 Å². The minimum atomic E-state index is -0.391. The fourth-order valence-electron chi connectivity index (χ4n) is 1.42. The molecular formula is C15H23NO2S. The van der Waals surface area contributed by atoms with Crippen LogP contribution < -0.4 is 5.32 Å². The number of nitrogens with one attached hydrogen (secondary N) is 1. The van der Waals surface area contributed by atoms with Crippen LogP contribution in [-0.4, -0.2) is 23.3 Å². The molecular weight excluding hydrogens is 258 g/mol. The molecule has 1 atom stereocenters. The zero-order valence-corrected chi connectivity index (χ0v) is 12.7. The molecule has 0 aromatic rings. The molecule has 0 aromatic carbocycles. The first kappa shape index (κ1) is 17.7. The van der Waals surface area contributed by atoms with Gasteiger partial charge in [-0.25, -0.2) is 0 Å². The lowest BCUT2D eigenvalue weighted by Gasteiger charge is -2.14. The molecule has 0 spiro atoms. The predicted octanol–water partition coefficient (Wildman–Crippen LogP) is 3.73. The Kier molecular flexibility index (Phi) is 9.90. The Morgan fingerprint density at radius 3 is 2.58 bits per heavy atom. The highest BCUT2D eigenvalue weighted by Gasteiger charge is 2.13. The number of amides is 1. The second-order valence-electron chi connectivity index (χ2n) is 4.55. The SMILES string of the molecule is C=C/C=C\C(=C/C)CSC(=O)N[C@H](C=O)CC(C)C. The second-order valence-corrected chi connectivity index (χ2v) is 5.50. The highest BCUT2D eigenvalue weighted by atomic mass is 32.2. The summed E-state index contributed by atoms with van der Waals surface area (Å²) in [4.78, 5) is 22.6. The van der Waals surface area contributed by atoms with Crippen LogP contribution in [0.15, 0.2) is 36.5 Å². The van der Waals surface area contributed by atoms with Gasteiger partial charge in [-0.15, -0.1) is 0 Å². The molecule has 0 aliphatic rings. The van der Waals surface area contributed by atoms with Gasteiger partial charge in [0.15, 0.2) is 0 Å². The molecule has 0 saturated heterocycles. The Hall–Kier alpha value is -1.29. The van der Waals surface area contributed by atoms with Gasteiger partial charge in [0.2, 0.25) is 0 Å². The van der Waals surface area contributed by atoms with Crippen molar-refractivity contribution in [3.05, 3.63) is 36.5 Å². The van der Waals surface area contributed by atoms with E-state index in [0.717, 1.165) is 11.9 Å². The summed E-state index contributed by atoms with van der Waals surface area (Å²) >= 11 is 1.17. The summed E-state index contributed by atoms with van der Waals surface area (Å²) in [5.74, 6) is 0.960. The number of hydrogen-bond donors (Lipinski definition) is 1. The zero-order valence-electron chi connectivity index (χ0n) is 11.9. The summed E-state index contributed by atoms with van der Waals surface area (Å²) < 4.78 is 0. The molecule has 1 N–H and O–H groups in total. The number of rotatable bonds is 8. The van der Waals surface area contributed by atoms with Gasteiger partial charge >= 0.3 is 0 Å². The van der Waals surface area contributed by atoms with E-state index in [4.69, 9.17) is 0 Å². The molecule has 0 fully saturated rings. The summed E-state index contributed by atoms with van der Waals surface area (Å²) in [6.07, 6.45) is 8.86. The molecule has 3 nitrogen and oxygen atoms in total. The van der Waals surface area contributed by atoms with Gasteiger partial charge in [0.25, 0.3) is 5.24 Å². The third kappa shape index (κ3) is 9.31. The van der Waals surface area contributed by atoms with Crippen molar-refractivity contribution in [3.63, 3.8) is 0 Å².